The van der Waals surface area contributed by atoms with E-state index in [0.717, 1.165) is 25.2 Å². The molecule has 0 bridgehead atoms. The Kier molecular flexibility index (Phi) is 3.47. The first-order chi connectivity index (χ1) is 8.08. The zero-order valence-corrected chi connectivity index (χ0v) is 10.3. The zero-order valence-electron chi connectivity index (χ0n) is 10.3. The quantitative estimate of drug-likeness (QED) is 0.854. The second-order valence-electron chi connectivity index (χ2n) is 4.87. The highest BCUT2D eigenvalue weighted by atomic mass is 16.4. The van der Waals surface area contributed by atoms with Gasteiger partial charge in [0.05, 0.1) is 12.5 Å². The van der Waals surface area contributed by atoms with Gasteiger partial charge < -0.3 is 5.11 Å². The highest BCUT2D eigenvalue weighted by molar-refractivity contribution is 5.69. The third-order valence-corrected chi connectivity index (χ3v) is 3.36. The maximum Gasteiger partial charge on any atom is 0.309 e. The van der Waals surface area contributed by atoms with Gasteiger partial charge in [0.25, 0.3) is 0 Å². The molecule has 1 aliphatic heterocycles. The molecule has 1 atom stereocenters. The summed E-state index contributed by atoms with van der Waals surface area (Å²) in [6.07, 6.45) is 2.79. The molecule has 5 nitrogen and oxygen atoms in total. The van der Waals surface area contributed by atoms with Crippen molar-refractivity contribution in [2.24, 2.45) is 0 Å². The van der Waals surface area contributed by atoms with Gasteiger partial charge in [-0.25, -0.2) is 0 Å². The van der Waals surface area contributed by atoms with Crippen LogP contribution in [0.2, 0.25) is 0 Å². The van der Waals surface area contributed by atoms with E-state index in [9.17, 15) is 4.79 Å². The van der Waals surface area contributed by atoms with E-state index in [0.29, 0.717) is 12.1 Å². The molecule has 17 heavy (non-hydrogen) atoms. The molecule has 1 unspecified atom stereocenters. The average molecular weight is 237 g/mol. The van der Waals surface area contributed by atoms with Gasteiger partial charge in [0.15, 0.2) is 0 Å². The molecule has 0 aromatic carbocycles. The predicted molar refractivity (Wildman–Crippen MR) is 63.9 cm³/mol. The number of aromatic nitrogens is 2. The molecule has 0 spiro atoms. The van der Waals surface area contributed by atoms with Gasteiger partial charge in [-0.1, -0.05) is 0 Å². The second-order valence-corrected chi connectivity index (χ2v) is 4.87. The molecule has 2 heterocycles. The van der Waals surface area contributed by atoms with Crippen LogP contribution in [0.4, 0.5) is 0 Å². The molecule has 0 saturated carbocycles. The maximum atomic E-state index is 10.8. The fourth-order valence-electron chi connectivity index (χ4n) is 2.40. The smallest absolute Gasteiger partial charge is 0.309 e. The number of hydrogen-bond acceptors (Lipinski definition) is 3. The van der Waals surface area contributed by atoms with E-state index < -0.39 is 5.97 Å². The second kappa shape index (κ2) is 4.87. The number of nitrogens with zero attached hydrogens (tertiary/aromatic N) is 3. The largest absolute Gasteiger partial charge is 0.481 e. The molecule has 0 aliphatic carbocycles. The van der Waals surface area contributed by atoms with Gasteiger partial charge in [0, 0.05) is 31.0 Å². The van der Waals surface area contributed by atoms with Crippen molar-refractivity contribution in [3.63, 3.8) is 0 Å². The number of hydrogen-bond donors (Lipinski definition) is 1. The van der Waals surface area contributed by atoms with E-state index in [1.165, 1.54) is 0 Å². The van der Waals surface area contributed by atoms with Gasteiger partial charge in [0.1, 0.15) is 0 Å². The van der Waals surface area contributed by atoms with E-state index in [-0.39, 0.29) is 6.42 Å². The topological polar surface area (TPSA) is 58.4 Å². The lowest BCUT2D eigenvalue weighted by molar-refractivity contribution is -0.136. The first-order valence-corrected chi connectivity index (χ1v) is 6.06. The maximum absolute atomic E-state index is 10.8. The average Bonchev–Trinajstić information content (AvgIpc) is 2.83. The van der Waals surface area contributed by atoms with E-state index in [2.05, 4.69) is 23.8 Å². The van der Waals surface area contributed by atoms with Crippen LogP contribution in [0.1, 0.15) is 32.0 Å². The summed E-state index contributed by atoms with van der Waals surface area (Å²) in [4.78, 5) is 13.2. The van der Waals surface area contributed by atoms with Crippen LogP contribution in [0.15, 0.2) is 12.3 Å². The molecule has 1 saturated heterocycles. The third kappa shape index (κ3) is 2.66. The summed E-state index contributed by atoms with van der Waals surface area (Å²) in [5.41, 5.74) is 0.799. The third-order valence-electron chi connectivity index (χ3n) is 3.36. The molecule has 1 aliphatic rings. The summed E-state index contributed by atoms with van der Waals surface area (Å²) in [6.45, 7) is 6.40. The van der Waals surface area contributed by atoms with Gasteiger partial charge in [-0.2, -0.15) is 5.10 Å². The summed E-state index contributed by atoms with van der Waals surface area (Å²) >= 11 is 0. The molecular weight excluding hydrogens is 218 g/mol. The Morgan fingerprint density at radius 3 is 3.00 bits per heavy atom. The van der Waals surface area contributed by atoms with Crippen LogP contribution < -0.4 is 0 Å². The van der Waals surface area contributed by atoms with Crippen molar-refractivity contribution in [1.29, 1.82) is 0 Å². The number of carbonyl (C=O) groups is 1. The molecule has 0 amide bonds. The lowest BCUT2D eigenvalue weighted by atomic mass is 10.2. The van der Waals surface area contributed by atoms with Crippen molar-refractivity contribution in [1.82, 2.24) is 14.7 Å². The Morgan fingerprint density at radius 2 is 2.41 bits per heavy atom. The number of carboxylic acids is 1. The van der Waals surface area contributed by atoms with Crippen molar-refractivity contribution >= 4 is 5.97 Å². The summed E-state index contributed by atoms with van der Waals surface area (Å²) in [7, 11) is 0. The van der Waals surface area contributed by atoms with Gasteiger partial charge in [-0.3, -0.25) is 14.4 Å². The lowest BCUT2D eigenvalue weighted by Crippen LogP contribution is -2.29. The summed E-state index contributed by atoms with van der Waals surface area (Å²) in [5, 5.41) is 13.1. The highest BCUT2D eigenvalue weighted by Crippen LogP contribution is 2.24. The van der Waals surface area contributed by atoms with Crippen LogP contribution in [-0.2, 0) is 11.2 Å². The molecule has 0 radical (unpaired) electrons. The van der Waals surface area contributed by atoms with E-state index >= 15 is 0 Å². The SMILES string of the molecule is CC(C)N1CCC(n2nccc2CC(=O)O)C1. The minimum absolute atomic E-state index is 0.0537. The molecule has 5 heteroatoms. The van der Waals surface area contributed by atoms with Gasteiger partial charge in [-0.15, -0.1) is 0 Å². The van der Waals surface area contributed by atoms with Crippen LogP contribution in [0.5, 0.6) is 0 Å². The molecule has 1 fully saturated rings. The van der Waals surface area contributed by atoms with Gasteiger partial charge in [0.2, 0.25) is 0 Å². The Hall–Kier alpha value is -1.36. The van der Waals surface area contributed by atoms with Crippen molar-refractivity contribution in [3.8, 4) is 0 Å². The molecule has 1 aromatic rings. The van der Waals surface area contributed by atoms with Crippen LogP contribution in [0.3, 0.4) is 0 Å². The summed E-state index contributed by atoms with van der Waals surface area (Å²) in [6, 6.07) is 2.66. The lowest BCUT2D eigenvalue weighted by Gasteiger charge is -2.20. The Labute approximate surface area is 101 Å². The van der Waals surface area contributed by atoms with Gasteiger partial charge >= 0.3 is 5.97 Å². The number of aliphatic carboxylic acids is 1. The molecule has 1 N–H and O–H groups in total. The predicted octanol–water partition coefficient (Wildman–Crippen LogP) is 1.17. The van der Waals surface area contributed by atoms with E-state index in [1.54, 1.807) is 12.3 Å². The van der Waals surface area contributed by atoms with Crippen LogP contribution in [0.25, 0.3) is 0 Å². The normalized spacial score (nSPS) is 21.2. The van der Waals surface area contributed by atoms with Crippen LogP contribution in [-0.4, -0.2) is 44.9 Å². The fourth-order valence-corrected chi connectivity index (χ4v) is 2.40. The number of carboxylic acid groups (broad SMARTS) is 1. The number of rotatable bonds is 4. The zero-order chi connectivity index (χ0) is 12.4. The standard InChI is InChI=1S/C12H19N3O2/c1-9(2)14-6-4-11(8-14)15-10(3-5-13-15)7-12(16)17/h3,5,9,11H,4,6-8H2,1-2H3,(H,16,17). The fraction of sp³-hybridized carbons (Fsp3) is 0.667. The molecule has 2 rings (SSSR count). The minimum atomic E-state index is -0.800. The van der Waals surface area contributed by atoms with Gasteiger partial charge in [-0.05, 0) is 26.3 Å². The van der Waals surface area contributed by atoms with Crippen molar-refractivity contribution < 1.29 is 9.90 Å². The Morgan fingerprint density at radius 1 is 1.65 bits per heavy atom. The van der Waals surface area contributed by atoms with Crippen LogP contribution >= 0.6 is 0 Å². The monoisotopic (exact) mass is 237 g/mol. The van der Waals surface area contributed by atoms with E-state index in [4.69, 9.17) is 5.11 Å². The first kappa shape index (κ1) is 12.1. The number of likely N-dealkylation sites (tertiary alicyclic amines) is 1. The Balaban J connectivity index is 2.08. The first-order valence-electron chi connectivity index (χ1n) is 6.06. The highest BCUT2D eigenvalue weighted by Gasteiger charge is 2.27. The van der Waals surface area contributed by atoms with Crippen molar-refractivity contribution in [2.45, 2.75) is 38.8 Å². The van der Waals surface area contributed by atoms with Crippen molar-refractivity contribution in [3.05, 3.63) is 18.0 Å². The minimum Gasteiger partial charge on any atom is -0.481 e. The molecular formula is C12H19N3O2. The molecule has 94 valence electrons. The summed E-state index contributed by atoms with van der Waals surface area (Å²) in [5.74, 6) is -0.800. The Bertz CT molecular complexity index is 400. The van der Waals surface area contributed by atoms with E-state index in [1.807, 2.05) is 4.68 Å². The van der Waals surface area contributed by atoms with Crippen molar-refractivity contribution in [2.75, 3.05) is 13.1 Å². The van der Waals surface area contributed by atoms with Crippen LogP contribution in [0, 0.1) is 0 Å². The molecule has 1 aromatic heterocycles. The summed E-state index contributed by atoms with van der Waals surface area (Å²) < 4.78 is 1.89.